The third-order valence-corrected chi connectivity index (χ3v) is 3.65. The van der Waals surface area contributed by atoms with Gasteiger partial charge in [0.2, 0.25) is 0 Å². The summed E-state index contributed by atoms with van der Waals surface area (Å²) < 4.78 is 1.02. The maximum atomic E-state index is 10.3. The monoisotopic (exact) mass is 301 g/mol. The summed E-state index contributed by atoms with van der Waals surface area (Å²) in [6.45, 7) is 1.80. The summed E-state index contributed by atoms with van der Waals surface area (Å²) in [7, 11) is 0. The van der Waals surface area contributed by atoms with Crippen LogP contribution in [-0.2, 0) is 0 Å². The number of hydrogen-bond donors (Lipinski definition) is 3. The highest BCUT2D eigenvalue weighted by Crippen LogP contribution is 2.31. The van der Waals surface area contributed by atoms with Crippen molar-refractivity contribution in [3.63, 3.8) is 0 Å². The molecular formula is C16H14ClN2O2+. The Morgan fingerprint density at radius 2 is 1.81 bits per heavy atom. The molecule has 0 radical (unpaired) electrons. The first kappa shape index (κ1) is 13.5. The van der Waals surface area contributed by atoms with Crippen molar-refractivity contribution in [2.75, 3.05) is 0 Å². The average molecular weight is 302 g/mol. The number of aromatic amines is 1. The van der Waals surface area contributed by atoms with Gasteiger partial charge in [0.05, 0.1) is 0 Å². The van der Waals surface area contributed by atoms with E-state index >= 15 is 0 Å². The molecule has 0 bridgehead atoms. The van der Waals surface area contributed by atoms with Crippen LogP contribution in [0.15, 0.2) is 48.5 Å². The van der Waals surface area contributed by atoms with Gasteiger partial charge in [0.25, 0.3) is 0 Å². The van der Waals surface area contributed by atoms with E-state index in [0.29, 0.717) is 22.1 Å². The average Bonchev–Trinajstić information content (AvgIpc) is 2.79. The smallest absolute Gasteiger partial charge is 0.330 e. The molecule has 0 fully saturated rings. The van der Waals surface area contributed by atoms with Crippen LogP contribution in [0.3, 0.4) is 0 Å². The normalized spacial score (nSPS) is 10.8. The van der Waals surface area contributed by atoms with Gasteiger partial charge in [-0.15, -0.1) is 0 Å². The van der Waals surface area contributed by atoms with Crippen LogP contribution in [0.5, 0.6) is 5.75 Å². The Morgan fingerprint density at radius 3 is 2.52 bits per heavy atom. The second kappa shape index (κ2) is 5.14. The van der Waals surface area contributed by atoms with Crippen molar-refractivity contribution in [1.82, 2.24) is 4.98 Å². The van der Waals surface area contributed by atoms with E-state index in [0.717, 1.165) is 16.0 Å². The Labute approximate surface area is 126 Å². The molecule has 3 N–H and O–H groups in total. The van der Waals surface area contributed by atoms with E-state index < -0.39 is 0 Å². The quantitative estimate of drug-likeness (QED) is 0.501. The number of benzene rings is 2. The molecule has 3 rings (SSSR count). The fourth-order valence-electron chi connectivity index (χ4n) is 2.30. The predicted molar refractivity (Wildman–Crippen MR) is 80.5 cm³/mol. The fourth-order valence-corrected chi connectivity index (χ4v) is 2.47. The lowest BCUT2D eigenvalue weighted by Crippen LogP contribution is -2.33. The van der Waals surface area contributed by atoms with Gasteiger partial charge in [0.15, 0.2) is 11.4 Å². The molecule has 0 aliphatic heterocycles. The SMILES string of the molecule is Cc1c(-c2ccccc2)[nH]c(-c2cc(Cl)ccc2O)[n+]1O. The summed E-state index contributed by atoms with van der Waals surface area (Å²) in [5.41, 5.74) is 2.82. The Kier molecular flexibility index (Phi) is 3.31. The van der Waals surface area contributed by atoms with Gasteiger partial charge in [-0.25, -0.2) is 4.98 Å². The van der Waals surface area contributed by atoms with Gasteiger partial charge in [0.1, 0.15) is 11.3 Å². The number of phenolic OH excluding ortho intramolecular Hbond substituents is 1. The molecule has 0 saturated carbocycles. The lowest BCUT2D eigenvalue weighted by atomic mass is 10.1. The van der Waals surface area contributed by atoms with Gasteiger partial charge in [-0.05, 0) is 22.9 Å². The zero-order valence-corrected chi connectivity index (χ0v) is 12.1. The lowest BCUT2D eigenvalue weighted by molar-refractivity contribution is -0.899. The van der Waals surface area contributed by atoms with Gasteiger partial charge in [-0.1, -0.05) is 41.9 Å². The number of nitrogens with one attached hydrogen (secondary N) is 1. The Morgan fingerprint density at radius 1 is 1.10 bits per heavy atom. The van der Waals surface area contributed by atoms with E-state index in [1.807, 2.05) is 30.3 Å². The lowest BCUT2D eigenvalue weighted by Gasteiger charge is -1.99. The molecular weight excluding hydrogens is 288 g/mol. The van der Waals surface area contributed by atoms with E-state index in [2.05, 4.69) is 4.98 Å². The summed E-state index contributed by atoms with van der Waals surface area (Å²) in [4.78, 5) is 3.14. The number of halogens is 1. The van der Waals surface area contributed by atoms with Crippen molar-refractivity contribution < 1.29 is 15.0 Å². The molecule has 0 spiro atoms. The van der Waals surface area contributed by atoms with Crippen LogP contribution in [-0.4, -0.2) is 15.3 Å². The minimum absolute atomic E-state index is 0.0445. The van der Waals surface area contributed by atoms with Crippen LogP contribution < -0.4 is 4.73 Å². The molecule has 0 aliphatic carbocycles. The summed E-state index contributed by atoms with van der Waals surface area (Å²) >= 11 is 5.97. The molecule has 1 aromatic heterocycles. The number of phenols is 1. The van der Waals surface area contributed by atoms with Crippen LogP contribution in [0, 0.1) is 6.92 Å². The molecule has 3 aromatic rings. The number of imidazole rings is 1. The minimum atomic E-state index is 0.0445. The molecule has 106 valence electrons. The molecule has 0 saturated heterocycles. The topological polar surface area (TPSA) is 60.1 Å². The molecule has 0 amide bonds. The molecule has 2 aromatic carbocycles. The minimum Gasteiger partial charge on any atom is -0.507 e. The molecule has 0 unspecified atom stereocenters. The standard InChI is InChI=1S/C16H13ClN2O2/c1-10-15(11-5-3-2-4-6-11)18-16(19(10)21)13-9-12(17)7-8-14(13)20/h2-9,21H,1H3,(H,18,20)/p+1. The zero-order chi connectivity index (χ0) is 15.0. The number of aromatic hydroxyl groups is 1. The second-order valence-electron chi connectivity index (χ2n) is 4.77. The Hall–Kier alpha value is -2.46. The van der Waals surface area contributed by atoms with E-state index in [-0.39, 0.29) is 5.75 Å². The van der Waals surface area contributed by atoms with E-state index in [1.54, 1.807) is 19.1 Å². The Bertz CT molecular complexity index is 798. The summed E-state index contributed by atoms with van der Waals surface area (Å²) in [5, 5.41) is 20.7. The first-order valence-corrected chi connectivity index (χ1v) is 6.84. The number of nitrogens with zero attached hydrogens (tertiary/aromatic N) is 1. The molecule has 5 heteroatoms. The summed E-state index contributed by atoms with van der Waals surface area (Å²) in [6.07, 6.45) is 0. The molecule has 0 atom stereocenters. The van der Waals surface area contributed by atoms with Crippen molar-refractivity contribution in [2.24, 2.45) is 0 Å². The highest BCUT2D eigenvalue weighted by Gasteiger charge is 2.26. The van der Waals surface area contributed by atoms with Crippen molar-refractivity contribution in [3.8, 4) is 28.4 Å². The molecule has 1 heterocycles. The first-order valence-electron chi connectivity index (χ1n) is 6.46. The van der Waals surface area contributed by atoms with Gasteiger partial charge >= 0.3 is 5.82 Å². The van der Waals surface area contributed by atoms with Gasteiger partial charge in [-0.3, -0.25) is 0 Å². The summed E-state index contributed by atoms with van der Waals surface area (Å²) in [6, 6.07) is 14.4. The molecule has 0 aliphatic rings. The van der Waals surface area contributed by atoms with Gasteiger partial charge in [0, 0.05) is 17.5 Å². The largest absolute Gasteiger partial charge is 0.507 e. The highest BCUT2D eigenvalue weighted by atomic mass is 35.5. The summed E-state index contributed by atoms with van der Waals surface area (Å²) in [5.74, 6) is 0.425. The number of aromatic nitrogens is 2. The molecule has 4 nitrogen and oxygen atoms in total. The van der Waals surface area contributed by atoms with Crippen LogP contribution in [0.25, 0.3) is 22.6 Å². The molecule has 21 heavy (non-hydrogen) atoms. The van der Waals surface area contributed by atoms with E-state index in [9.17, 15) is 10.3 Å². The van der Waals surface area contributed by atoms with Crippen LogP contribution in [0.2, 0.25) is 5.02 Å². The van der Waals surface area contributed by atoms with Crippen LogP contribution in [0.1, 0.15) is 5.69 Å². The van der Waals surface area contributed by atoms with Gasteiger partial charge < -0.3 is 10.3 Å². The predicted octanol–water partition coefficient (Wildman–Crippen LogP) is 3.54. The number of hydrogen-bond acceptors (Lipinski definition) is 2. The zero-order valence-electron chi connectivity index (χ0n) is 11.3. The van der Waals surface area contributed by atoms with Gasteiger partial charge in [-0.2, -0.15) is 0 Å². The third kappa shape index (κ3) is 2.34. The van der Waals surface area contributed by atoms with Crippen molar-refractivity contribution in [1.29, 1.82) is 0 Å². The van der Waals surface area contributed by atoms with Crippen molar-refractivity contribution in [2.45, 2.75) is 6.92 Å². The first-order chi connectivity index (χ1) is 10.1. The van der Waals surface area contributed by atoms with E-state index in [1.165, 1.54) is 6.07 Å². The third-order valence-electron chi connectivity index (χ3n) is 3.41. The fraction of sp³-hybridized carbons (Fsp3) is 0.0625. The maximum absolute atomic E-state index is 10.3. The number of rotatable bonds is 2. The Balaban J connectivity index is 2.20. The van der Waals surface area contributed by atoms with Crippen molar-refractivity contribution in [3.05, 3.63) is 59.2 Å². The maximum Gasteiger partial charge on any atom is 0.330 e. The van der Waals surface area contributed by atoms with Crippen molar-refractivity contribution >= 4 is 11.6 Å². The highest BCUT2D eigenvalue weighted by molar-refractivity contribution is 6.30. The van der Waals surface area contributed by atoms with E-state index in [4.69, 9.17) is 11.6 Å². The van der Waals surface area contributed by atoms with Crippen LogP contribution >= 0.6 is 11.6 Å². The van der Waals surface area contributed by atoms with Crippen LogP contribution in [0.4, 0.5) is 0 Å². The number of H-pyrrole nitrogens is 1. The second-order valence-corrected chi connectivity index (χ2v) is 5.21.